The molecule has 1 heterocycles. The lowest BCUT2D eigenvalue weighted by atomic mass is 10.2. The molecule has 1 aliphatic rings. The van der Waals surface area contributed by atoms with Crippen molar-refractivity contribution in [3.05, 3.63) is 11.5 Å². The lowest BCUT2D eigenvalue weighted by Gasteiger charge is -2.08. The van der Waals surface area contributed by atoms with Crippen LogP contribution in [0, 0.1) is 0 Å². The molecule has 3 nitrogen and oxygen atoms in total. The molecule has 0 atom stereocenters. The van der Waals surface area contributed by atoms with Crippen LogP contribution in [0.5, 0.6) is 0 Å². The van der Waals surface area contributed by atoms with Crippen molar-refractivity contribution in [2.24, 2.45) is 4.99 Å². The van der Waals surface area contributed by atoms with Gasteiger partial charge in [-0.1, -0.05) is 0 Å². The summed E-state index contributed by atoms with van der Waals surface area (Å²) in [6, 6.07) is 0. The van der Waals surface area contributed by atoms with Crippen molar-refractivity contribution < 1.29 is 9.53 Å². The molecule has 0 fully saturated rings. The minimum Gasteiger partial charge on any atom is -0.491 e. The molecule has 1 aliphatic heterocycles. The van der Waals surface area contributed by atoms with Crippen LogP contribution in [0.15, 0.2) is 16.4 Å². The fraction of sp³-hybridized carbons (Fsp3) is 0.429. The average Bonchev–Trinajstić information content (AvgIpc) is 1.88. The number of allylic oxidation sites excluding steroid dienone is 2. The normalized spacial score (nSPS) is 18.0. The van der Waals surface area contributed by atoms with E-state index in [9.17, 15) is 4.79 Å². The van der Waals surface area contributed by atoms with Gasteiger partial charge >= 0.3 is 0 Å². The van der Waals surface area contributed by atoms with Gasteiger partial charge < -0.3 is 4.74 Å². The second-order valence-electron chi connectivity index (χ2n) is 2.06. The molecule has 54 valence electrons. The summed E-state index contributed by atoms with van der Waals surface area (Å²) in [5.41, 5.74) is 0.666. The van der Waals surface area contributed by atoms with Gasteiger partial charge in [-0.3, -0.25) is 9.79 Å². The molecular formula is C7H9NO2. The summed E-state index contributed by atoms with van der Waals surface area (Å²) in [5, 5.41) is 0. The summed E-state index contributed by atoms with van der Waals surface area (Å²) in [7, 11) is 1.48. The van der Waals surface area contributed by atoms with E-state index >= 15 is 0 Å². The van der Waals surface area contributed by atoms with E-state index in [2.05, 4.69) is 4.99 Å². The Morgan fingerprint density at radius 1 is 1.70 bits per heavy atom. The Labute approximate surface area is 59.4 Å². The van der Waals surface area contributed by atoms with Crippen LogP contribution in [0.4, 0.5) is 0 Å². The van der Waals surface area contributed by atoms with Crippen molar-refractivity contribution in [1.82, 2.24) is 0 Å². The van der Waals surface area contributed by atoms with Crippen molar-refractivity contribution in [3.8, 4) is 0 Å². The van der Waals surface area contributed by atoms with Crippen LogP contribution in [0.2, 0.25) is 0 Å². The molecular weight excluding hydrogens is 130 g/mol. The lowest BCUT2D eigenvalue weighted by molar-refractivity contribution is -0.117. The average molecular weight is 139 g/mol. The van der Waals surface area contributed by atoms with Crippen LogP contribution in [0.3, 0.4) is 0 Å². The molecule has 0 saturated carbocycles. The zero-order chi connectivity index (χ0) is 7.56. The van der Waals surface area contributed by atoms with Crippen molar-refractivity contribution in [1.29, 1.82) is 0 Å². The molecule has 0 saturated heterocycles. The Kier molecular flexibility index (Phi) is 1.85. The zero-order valence-electron chi connectivity index (χ0n) is 6.05. The monoisotopic (exact) mass is 139 g/mol. The summed E-state index contributed by atoms with van der Waals surface area (Å²) in [6.07, 6.45) is 1.96. The standard InChI is InChI=1S/C7H9NO2/c1-5-7(10-2)6(9)3-4-8-5/h4H,3H2,1-2H3. The van der Waals surface area contributed by atoms with Gasteiger partial charge in [-0.15, -0.1) is 0 Å². The van der Waals surface area contributed by atoms with Gasteiger partial charge in [0.1, 0.15) is 0 Å². The number of ether oxygens (including phenoxy) is 1. The summed E-state index contributed by atoms with van der Waals surface area (Å²) < 4.78 is 4.83. The number of aliphatic imine (C=N–C) groups is 1. The van der Waals surface area contributed by atoms with Crippen LogP contribution in [-0.2, 0) is 9.53 Å². The maximum atomic E-state index is 11.0. The molecule has 3 heteroatoms. The van der Waals surface area contributed by atoms with Crippen molar-refractivity contribution in [2.75, 3.05) is 7.11 Å². The van der Waals surface area contributed by atoms with Gasteiger partial charge in [-0.25, -0.2) is 0 Å². The second kappa shape index (κ2) is 2.64. The molecule has 0 aromatic rings. The number of hydrogen-bond acceptors (Lipinski definition) is 3. The van der Waals surface area contributed by atoms with Crippen molar-refractivity contribution >= 4 is 12.0 Å². The van der Waals surface area contributed by atoms with Crippen molar-refractivity contribution in [2.45, 2.75) is 13.3 Å². The highest BCUT2D eigenvalue weighted by Crippen LogP contribution is 2.12. The van der Waals surface area contributed by atoms with Crippen LogP contribution < -0.4 is 0 Å². The maximum Gasteiger partial charge on any atom is 0.204 e. The van der Waals surface area contributed by atoms with Gasteiger partial charge in [0.2, 0.25) is 5.78 Å². The Morgan fingerprint density at radius 3 is 2.80 bits per heavy atom. The maximum absolute atomic E-state index is 11.0. The van der Waals surface area contributed by atoms with Crippen molar-refractivity contribution in [3.63, 3.8) is 0 Å². The third kappa shape index (κ3) is 1.07. The Hall–Kier alpha value is -1.12. The van der Waals surface area contributed by atoms with E-state index in [1.165, 1.54) is 7.11 Å². The number of methoxy groups -OCH3 is 1. The predicted molar refractivity (Wildman–Crippen MR) is 37.8 cm³/mol. The second-order valence-corrected chi connectivity index (χ2v) is 2.06. The van der Waals surface area contributed by atoms with E-state index < -0.39 is 0 Å². The van der Waals surface area contributed by atoms with Crippen LogP contribution in [0.25, 0.3) is 0 Å². The van der Waals surface area contributed by atoms with Crippen LogP contribution >= 0.6 is 0 Å². The third-order valence-electron chi connectivity index (χ3n) is 1.35. The summed E-state index contributed by atoms with van der Waals surface area (Å²) >= 11 is 0. The molecule has 0 amide bonds. The van der Waals surface area contributed by atoms with E-state index in [0.717, 1.165) is 0 Å². The van der Waals surface area contributed by atoms with E-state index in [-0.39, 0.29) is 5.78 Å². The number of rotatable bonds is 1. The lowest BCUT2D eigenvalue weighted by Crippen LogP contribution is -2.10. The topological polar surface area (TPSA) is 38.7 Å². The highest BCUT2D eigenvalue weighted by atomic mass is 16.5. The first-order chi connectivity index (χ1) is 4.75. The Balaban J connectivity index is 2.94. The molecule has 0 radical (unpaired) electrons. The number of carbonyl (C=O) groups excluding carboxylic acids is 1. The van der Waals surface area contributed by atoms with E-state index in [0.29, 0.717) is 17.9 Å². The quantitative estimate of drug-likeness (QED) is 0.541. The molecule has 0 bridgehead atoms. The Bertz CT molecular complexity index is 216. The first kappa shape index (κ1) is 6.99. The van der Waals surface area contributed by atoms with Gasteiger partial charge in [0.25, 0.3) is 0 Å². The molecule has 0 aromatic heterocycles. The fourth-order valence-electron chi connectivity index (χ4n) is 0.880. The summed E-state index contributed by atoms with van der Waals surface area (Å²) in [5.74, 6) is 0.400. The van der Waals surface area contributed by atoms with E-state index in [1.807, 2.05) is 0 Å². The molecule has 0 spiro atoms. The molecule has 0 N–H and O–H groups in total. The predicted octanol–water partition coefficient (Wildman–Crippen LogP) is 0.908. The minimum atomic E-state index is 0.00926. The fourth-order valence-corrected chi connectivity index (χ4v) is 0.880. The van der Waals surface area contributed by atoms with Crippen LogP contribution in [-0.4, -0.2) is 19.1 Å². The van der Waals surface area contributed by atoms with Gasteiger partial charge in [-0.05, 0) is 6.92 Å². The Morgan fingerprint density at radius 2 is 2.40 bits per heavy atom. The van der Waals surface area contributed by atoms with E-state index in [1.54, 1.807) is 13.1 Å². The molecule has 0 aliphatic carbocycles. The number of nitrogens with zero attached hydrogens (tertiary/aromatic N) is 1. The first-order valence-corrected chi connectivity index (χ1v) is 3.06. The number of ketones is 1. The number of Topliss-reactive ketones (excluding diaryl/α,β-unsaturated/α-hetero) is 1. The highest BCUT2D eigenvalue weighted by molar-refractivity contribution is 6.04. The summed E-state index contributed by atoms with van der Waals surface area (Å²) in [4.78, 5) is 14.9. The van der Waals surface area contributed by atoms with Crippen LogP contribution in [0.1, 0.15) is 13.3 Å². The van der Waals surface area contributed by atoms with Gasteiger partial charge in [0, 0.05) is 12.6 Å². The molecule has 1 rings (SSSR count). The molecule has 10 heavy (non-hydrogen) atoms. The highest BCUT2D eigenvalue weighted by Gasteiger charge is 2.14. The van der Waals surface area contributed by atoms with Gasteiger partial charge in [0.05, 0.1) is 12.8 Å². The van der Waals surface area contributed by atoms with Gasteiger partial charge in [-0.2, -0.15) is 0 Å². The third-order valence-corrected chi connectivity index (χ3v) is 1.35. The zero-order valence-corrected chi connectivity index (χ0v) is 6.05. The van der Waals surface area contributed by atoms with E-state index in [4.69, 9.17) is 4.74 Å². The summed E-state index contributed by atoms with van der Waals surface area (Å²) in [6.45, 7) is 1.76. The molecule has 0 aromatic carbocycles. The molecule has 0 unspecified atom stereocenters. The van der Waals surface area contributed by atoms with Gasteiger partial charge in [0.15, 0.2) is 5.76 Å². The minimum absolute atomic E-state index is 0.00926. The smallest absolute Gasteiger partial charge is 0.204 e. The SMILES string of the molecule is COC1=C(C)N=CCC1=O. The largest absolute Gasteiger partial charge is 0.491 e. The first-order valence-electron chi connectivity index (χ1n) is 3.06. The number of hydrogen-bond donors (Lipinski definition) is 0. The number of carbonyl (C=O) groups is 1.